The quantitative estimate of drug-likeness (QED) is 0.424. The lowest BCUT2D eigenvalue weighted by Crippen LogP contribution is -2.36. The summed E-state index contributed by atoms with van der Waals surface area (Å²) >= 11 is 6.74. The number of aromatic nitrogens is 3. The lowest BCUT2D eigenvalue weighted by molar-refractivity contribution is -0.124. The number of carbonyl (C=O) groups is 1. The molecule has 6 nitrogen and oxygen atoms in total. The van der Waals surface area contributed by atoms with E-state index in [2.05, 4.69) is 67.9 Å². The number of fused-ring (bicyclic) bond motifs is 3. The van der Waals surface area contributed by atoms with Gasteiger partial charge in [0.25, 0.3) is 0 Å². The van der Waals surface area contributed by atoms with Gasteiger partial charge in [0, 0.05) is 17.6 Å². The number of hydrogen-bond acceptors (Lipinski definition) is 4. The van der Waals surface area contributed by atoms with E-state index in [0.29, 0.717) is 17.0 Å². The maximum absolute atomic E-state index is 12.8. The maximum atomic E-state index is 12.8. The van der Waals surface area contributed by atoms with E-state index in [1.165, 1.54) is 11.1 Å². The standard InChI is InChI=1S/C28H34ClN5O/c1-15(2)8-9-30-26-27-31-14-24(34(27)23-12-17(4)16(3)11-22(23)33-26)19-10-18(5)25(21(29)13-19)28(35)32-20-6-7-20/h10-15,18,20,25H,6-9H2,1-5H3,(H,30,33)(H,32,35). The normalized spacial score (nSPS) is 20.3. The fourth-order valence-electron chi connectivity index (χ4n) is 4.75. The molecule has 1 saturated carbocycles. The van der Waals surface area contributed by atoms with Crippen molar-refractivity contribution in [3.05, 3.63) is 52.3 Å². The van der Waals surface area contributed by atoms with Crippen molar-refractivity contribution < 1.29 is 4.79 Å². The van der Waals surface area contributed by atoms with E-state index < -0.39 is 0 Å². The molecule has 2 aliphatic rings. The smallest absolute Gasteiger partial charge is 0.229 e. The van der Waals surface area contributed by atoms with Crippen LogP contribution < -0.4 is 10.6 Å². The number of imidazole rings is 1. The first-order valence-corrected chi connectivity index (χ1v) is 13.0. The van der Waals surface area contributed by atoms with Gasteiger partial charge in [-0.3, -0.25) is 9.20 Å². The van der Waals surface area contributed by atoms with Crippen LogP contribution in [0.3, 0.4) is 0 Å². The average Bonchev–Trinajstić information content (AvgIpc) is 3.48. The number of aryl methyl sites for hydroxylation is 2. The Hall–Kier alpha value is -2.86. The Labute approximate surface area is 211 Å². The van der Waals surface area contributed by atoms with Crippen molar-refractivity contribution in [2.75, 3.05) is 11.9 Å². The predicted molar refractivity (Wildman–Crippen MR) is 144 cm³/mol. The number of rotatable bonds is 7. The number of anilines is 1. The molecule has 2 aromatic heterocycles. The molecule has 0 spiro atoms. The molecular formula is C28H34ClN5O. The van der Waals surface area contributed by atoms with E-state index in [-0.39, 0.29) is 17.7 Å². The number of carbonyl (C=O) groups excluding carboxylic acids is 1. The predicted octanol–water partition coefficient (Wildman–Crippen LogP) is 6.01. The Kier molecular flexibility index (Phi) is 6.34. The van der Waals surface area contributed by atoms with Gasteiger partial charge in [-0.1, -0.05) is 38.4 Å². The van der Waals surface area contributed by atoms with Gasteiger partial charge in [-0.2, -0.15) is 0 Å². The summed E-state index contributed by atoms with van der Waals surface area (Å²) in [7, 11) is 0. The number of nitrogens with zero attached hydrogens (tertiary/aromatic N) is 3. The molecule has 184 valence electrons. The number of allylic oxidation sites excluding steroid dienone is 3. The molecule has 2 atom stereocenters. The van der Waals surface area contributed by atoms with Crippen LogP contribution in [0, 0.1) is 31.6 Å². The van der Waals surface area contributed by atoms with Crippen molar-refractivity contribution in [1.29, 1.82) is 0 Å². The summed E-state index contributed by atoms with van der Waals surface area (Å²) in [5.74, 6) is 1.04. The molecule has 2 heterocycles. The summed E-state index contributed by atoms with van der Waals surface area (Å²) < 4.78 is 2.18. The van der Waals surface area contributed by atoms with Gasteiger partial charge in [-0.15, -0.1) is 0 Å². The molecular weight excluding hydrogens is 458 g/mol. The highest BCUT2D eigenvalue weighted by atomic mass is 35.5. The zero-order valence-electron chi connectivity index (χ0n) is 21.2. The van der Waals surface area contributed by atoms with E-state index in [1.54, 1.807) is 0 Å². The molecule has 7 heteroatoms. The Balaban J connectivity index is 1.59. The number of hydrogen-bond donors (Lipinski definition) is 2. The Morgan fingerprint density at radius 2 is 1.97 bits per heavy atom. The lowest BCUT2D eigenvalue weighted by atomic mass is 9.85. The van der Waals surface area contributed by atoms with Crippen LogP contribution in [0.1, 0.15) is 56.9 Å². The third-order valence-electron chi connectivity index (χ3n) is 7.11. The fourth-order valence-corrected chi connectivity index (χ4v) is 5.16. The van der Waals surface area contributed by atoms with E-state index in [0.717, 1.165) is 59.6 Å². The van der Waals surface area contributed by atoms with E-state index in [1.807, 2.05) is 12.3 Å². The van der Waals surface area contributed by atoms with Crippen molar-refractivity contribution in [3.8, 4) is 0 Å². The second-order valence-corrected chi connectivity index (χ2v) is 11.0. The van der Waals surface area contributed by atoms with Crippen molar-refractivity contribution >= 4 is 45.6 Å². The molecule has 0 bridgehead atoms. The molecule has 2 N–H and O–H groups in total. The van der Waals surface area contributed by atoms with Crippen LogP contribution in [0.15, 0.2) is 35.5 Å². The first-order chi connectivity index (χ1) is 16.7. The highest BCUT2D eigenvalue weighted by Gasteiger charge is 2.34. The highest BCUT2D eigenvalue weighted by molar-refractivity contribution is 6.32. The van der Waals surface area contributed by atoms with Gasteiger partial charge in [-0.05, 0) is 79.9 Å². The average molecular weight is 492 g/mol. The van der Waals surface area contributed by atoms with Crippen LogP contribution in [0.4, 0.5) is 5.82 Å². The van der Waals surface area contributed by atoms with Gasteiger partial charge in [0.05, 0.1) is 28.8 Å². The Morgan fingerprint density at radius 1 is 1.23 bits per heavy atom. The SMILES string of the molecule is Cc1cc2nc(NCCC(C)C)c3ncc(C4=CC(C)C(C(=O)NC5CC5)C(Cl)=C4)n3c2cc1C. The molecule has 35 heavy (non-hydrogen) atoms. The summed E-state index contributed by atoms with van der Waals surface area (Å²) in [6.45, 7) is 11.6. The second-order valence-electron chi connectivity index (χ2n) is 10.6. The molecule has 1 aromatic carbocycles. The fraction of sp³-hybridized carbons (Fsp3) is 0.464. The second kappa shape index (κ2) is 9.30. The van der Waals surface area contributed by atoms with Crippen LogP contribution >= 0.6 is 11.6 Å². The molecule has 0 radical (unpaired) electrons. The summed E-state index contributed by atoms with van der Waals surface area (Å²) in [5.41, 5.74) is 7.07. The van der Waals surface area contributed by atoms with Gasteiger partial charge in [0.2, 0.25) is 5.91 Å². The topological polar surface area (TPSA) is 71.3 Å². The molecule has 5 rings (SSSR count). The first kappa shape index (κ1) is 23.9. The van der Waals surface area contributed by atoms with Crippen LogP contribution in [-0.4, -0.2) is 32.9 Å². The lowest BCUT2D eigenvalue weighted by Gasteiger charge is -2.25. The highest BCUT2D eigenvalue weighted by Crippen LogP contribution is 2.37. The Morgan fingerprint density at radius 3 is 2.66 bits per heavy atom. The molecule has 1 amide bonds. The number of amides is 1. The molecule has 2 aliphatic carbocycles. The van der Waals surface area contributed by atoms with Crippen LogP contribution in [-0.2, 0) is 4.79 Å². The van der Waals surface area contributed by atoms with Gasteiger partial charge < -0.3 is 10.6 Å². The number of halogens is 1. The third-order valence-corrected chi connectivity index (χ3v) is 7.46. The van der Waals surface area contributed by atoms with Gasteiger partial charge in [0.1, 0.15) is 0 Å². The number of nitrogens with one attached hydrogen (secondary N) is 2. The van der Waals surface area contributed by atoms with E-state index in [4.69, 9.17) is 21.6 Å². The molecule has 3 aromatic rings. The summed E-state index contributed by atoms with van der Waals surface area (Å²) in [5, 5.41) is 7.20. The monoisotopic (exact) mass is 491 g/mol. The van der Waals surface area contributed by atoms with Crippen molar-refractivity contribution in [1.82, 2.24) is 19.7 Å². The minimum atomic E-state index is -0.350. The van der Waals surface area contributed by atoms with Crippen molar-refractivity contribution in [2.24, 2.45) is 17.8 Å². The zero-order valence-corrected chi connectivity index (χ0v) is 21.9. The van der Waals surface area contributed by atoms with Gasteiger partial charge >= 0.3 is 0 Å². The third kappa shape index (κ3) is 4.68. The van der Waals surface area contributed by atoms with Crippen molar-refractivity contribution in [2.45, 2.75) is 59.9 Å². The van der Waals surface area contributed by atoms with Gasteiger partial charge in [0.15, 0.2) is 11.5 Å². The van der Waals surface area contributed by atoms with Crippen molar-refractivity contribution in [3.63, 3.8) is 0 Å². The molecule has 0 aliphatic heterocycles. The summed E-state index contributed by atoms with van der Waals surface area (Å²) in [6.07, 6.45) is 9.14. The largest absolute Gasteiger partial charge is 0.367 e. The Bertz CT molecular complexity index is 1360. The molecule has 1 fully saturated rings. The summed E-state index contributed by atoms with van der Waals surface area (Å²) in [4.78, 5) is 22.6. The van der Waals surface area contributed by atoms with Crippen LogP contribution in [0.2, 0.25) is 0 Å². The number of benzene rings is 1. The summed E-state index contributed by atoms with van der Waals surface area (Å²) in [6, 6.07) is 4.63. The first-order valence-electron chi connectivity index (χ1n) is 12.6. The van der Waals surface area contributed by atoms with E-state index in [9.17, 15) is 4.79 Å². The molecule has 2 unspecified atom stereocenters. The van der Waals surface area contributed by atoms with Crippen LogP contribution in [0.5, 0.6) is 0 Å². The zero-order chi connectivity index (χ0) is 24.9. The molecule has 0 saturated heterocycles. The minimum Gasteiger partial charge on any atom is -0.367 e. The van der Waals surface area contributed by atoms with E-state index >= 15 is 0 Å². The minimum absolute atomic E-state index is 0.0204. The van der Waals surface area contributed by atoms with Gasteiger partial charge in [-0.25, -0.2) is 9.97 Å². The van der Waals surface area contributed by atoms with Crippen LogP contribution in [0.25, 0.3) is 22.3 Å². The maximum Gasteiger partial charge on any atom is 0.229 e.